The van der Waals surface area contributed by atoms with E-state index >= 15 is 0 Å². The highest BCUT2D eigenvalue weighted by molar-refractivity contribution is 5.79. The fourth-order valence-corrected chi connectivity index (χ4v) is 3.53. The second-order valence-corrected chi connectivity index (χ2v) is 8.20. The number of carboxylic acids is 1. The van der Waals surface area contributed by atoms with Crippen LogP contribution in [0.2, 0.25) is 0 Å². The molecular formula is C18H21FN4O4. The summed E-state index contributed by atoms with van der Waals surface area (Å²) in [7, 11) is 0. The van der Waals surface area contributed by atoms with Crippen molar-refractivity contribution in [3.8, 4) is 0 Å². The van der Waals surface area contributed by atoms with Crippen LogP contribution < -0.4 is 0 Å². The van der Waals surface area contributed by atoms with Crippen LogP contribution in [0.25, 0.3) is 11.0 Å². The van der Waals surface area contributed by atoms with E-state index in [4.69, 9.17) is 9.84 Å². The van der Waals surface area contributed by atoms with Crippen molar-refractivity contribution < 1.29 is 23.8 Å². The Morgan fingerprint density at radius 2 is 1.96 bits per heavy atom. The number of fused-ring (bicyclic) bond motifs is 2. The quantitative estimate of drug-likeness (QED) is 0.863. The van der Waals surface area contributed by atoms with E-state index in [-0.39, 0.29) is 24.1 Å². The Morgan fingerprint density at radius 3 is 2.59 bits per heavy atom. The van der Waals surface area contributed by atoms with Crippen LogP contribution >= 0.6 is 0 Å². The first-order valence-corrected chi connectivity index (χ1v) is 8.90. The summed E-state index contributed by atoms with van der Waals surface area (Å²) < 4.78 is 20.1. The molecule has 144 valence electrons. The lowest BCUT2D eigenvalue weighted by atomic mass is 10.1. The molecule has 1 N–H and O–H groups in total. The smallest absolute Gasteiger partial charge is 0.410 e. The molecular weight excluding hydrogens is 355 g/mol. The highest BCUT2D eigenvalue weighted by Crippen LogP contribution is 2.33. The monoisotopic (exact) mass is 376 g/mol. The lowest BCUT2D eigenvalue weighted by Crippen LogP contribution is -2.52. The Labute approximate surface area is 154 Å². The van der Waals surface area contributed by atoms with Crippen molar-refractivity contribution in [1.82, 2.24) is 19.9 Å². The molecule has 9 heteroatoms. The summed E-state index contributed by atoms with van der Waals surface area (Å²) in [6, 6.07) is 1.59. The van der Waals surface area contributed by atoms with Gasteiger partial charge in [0.25, 0.3) is 0 Å². The highest BCUT2D eigenvalue weighted by Gasteiger charge is 2.37. The first kappa shape index (κ1) is 17.7. The zero-order chi connectivity index (χ0) is 19.5. The van der Waals surface area contributed by atoms with Crippen LogP contribution in [0.5, 0.6) is 0 Å². The van der Waals surface area contributed by atoms with Crippen molar-refractivity contribution in [3.63, 3.8) is 0 Å². The minimum Gasteiger partial charge on any atom is -0.481 e. The van der Waals surface area contributed by atoms with Crippen LogP contribution in [0.4, 0.5) is 9.18 Å². The third-order valence-corrected chi connectivity index (χ3v) is 4.93. The van der Waals surface area contributed by atoms with Gasteiger partial charge in [0.1, 0.15) is 22.7 Å². The third kappa shape index (κ3) is 3.11. The number of halogens is 1. The average molecular weight is 376 g/mol. The molecule has 0 radical (unpaired) electrons. The molecule has 1 amide bonds. The summed E-state index contributed by atoms with van der Waals surface area (Å²) in [5, 5.41) is 17.8. The topological polar surface area (TPSA) is 97.5 Å². The van der Waals surface area contributed by atoms with Crippen LogP contribution in [0, 0.1) is 11.7 Å². The average Bonchev–Trinajstić information content (AvgIpc) is 3.08. The molecule has 1 unspecified atom stereocenters. The molecule has 0 spiro atoms. The number of rotatable bonds is 2. The normalized spacial score (nSPS) is 19.9. The Morgan fingerprint density at radius 1 is 1.26 bits per heavy atom. The number of aliphatic carboxylic acids is 1. The van der Waals surface area contributed by atoms with E-state index in [9.17, 15) is 14.0 Å². The predicted molar refractivity (Wildman–Crippen MR) is 92.9 cm³/mol. The number of nitrogens with zero attached hydrogens (tertiary/aromatic N) is 4. The zero-order valence-electron chi connectivity index (χ0n) is 15.4. The summed E-state index contributed by atoms with van der Waals surface area (Å²) >= 11 is 0. The Bertz CT molecular complexity index is 943. The number of ether oxygens (including phenoxy) is 1. The van der Waals surface area contributed by atoms with Gasteiger partial charge in [-0.3, -0.25) is 4.79 Å². The number of carboxylic acid groups (broad SMARTS) is 1. The molecule has 1 aliphatic carbocycles. The minimum absolute atomic E-state index is 0.133. The lowest BCUT2D eigenvalue weighted by molar-refractivity contribution is -0.141. The summed E-state index contributed by atoms with van der Waals surface area (Å²) in [6.45, 7) is 6.22. The molecule has 4 rings (SSSR count). The van der Waals surface area contributed by atoms with Crippen molar-refractivity contribution in [2.24, 2.45) is 5.92 Å². The predicted octanol–water partition coefficient (Wildman–Crippen LogP) is 2.16. The molecule has 2 aliphatic rings. The first-order chi connectivity index (χ1) is 12.6. The van der Waals surface area contributed by atoms with Gasteiger partial charge in [0.05, 0.1) is 19.0 Å². The molecule has 0 bridgehead atoms. The number of aromatic nitrogens is 3. The second-order valence-electron chi connectivity index (χ2n) is 8.20. The number of hydrogen-bond acceptors (Lipinski definition) is 5. The van der Waals surface area contributed by atoms with E-state index < -0.39 is 23.3 Å². The number of likely N-dealkylation sites (tertiary alicyclic amines) is 1. The first-order valence-electron chi connectivity index (χ1n) is 8.90. The molecule has 8 nitrogen and oxygen atoms in total. The van der Waals surface area contributed by atoms with Gasteiger partial charge in [-0.15, -0.1) is 5.10 Å². The molecule has 1 aromatic heterocycles. The van der Waals surface area contributed by atoms with Crippen molar-refractivity contribution in [3.05, 3.63) is 23.0 Å². The maximum atomic E-state index is 14.8. The molecule has 0 saturated carbocycles. The van der Waals surface area contributed by atoms with Gasteiger partial charge in [0, 0.05) is 0 Å². The van der Waals surface area contributed by atoms with Gasteiger partial charge in [-0.25, -0.2) is 9.18 Å². The van der Waals surface area contributed by atoms with Crippen LogP contribution in [-0.2, 0) is 22.4 Å². The van der Waals surface area contributed by atoms with E-state index in [1.807, 2.05) is 0 Å². The maximum Gasteiger partial charge on any atom is 0.410 e. The summed E-state index contributed by atoms with van der Waals surface area (Å²) in [4.78, 5) is 26.2. The molecule has 1 saturated heterocycles. The van der Waals surface area contributed by atoms with Gasteiger partial charge < -0.3 is 14.7 Å². The number of carbonyl (C=O) groups excluding carboxylic acids is 1. The summed E-state index contributed by atoms with van der Waals surface area (Å²) in [5.74, 6) is -2.00. The van der Waals surface area contributed by atoms with E-state index in [2.05, 4.69) is 10.2 Å². The standard InChI is InChI=1S/C18H21FN4O4/c1-18(2,3)27-17(26)22-7-11(8-22)23-20-13-6-9-4-10(16(24)25)5-12(9)14(19)15(13)21-23/h6,10-11H,4-5,7-8H2,1-3H3,(H,24,25). The summed E-state index contributed by atoms with van der Waals surface area (Å²) in [6.07, 6.45) is 0.0930. The molecule has 2 aromatic rings. The van der Waals surface area contributed by atoms with Gasteiger partial charge >= 0.3 is 12.1 Å². The van der Waals surface area contributed by atoms with Gasteiger partial charge in [-0.05, 0) is 50.8 Å². The highest BCUT2D eigenvalue weighted by atomic mass is 19.1. The van der Waals surface area contributed by atoms with E-state index in [1.54, 1.807) is 31.7 Å². The van der Waals surface area contributed by atoms with Crippen LogP contribution in [-0.4, -0.2) is 55.8 Å². The van der Waals surface area contributed by atoms with E-state index in [1.165, 1.54) is 4.80 Å². The summed E-state index contributed by atoms with van der Waals surface area (Å²) in [5.41, 5.74) is 1.11. The fourth-order valence-electron chi connectivity index (χ4n) is 3.53. The van der Waals surface area contributed by atoms with Crippen molar-refractivity contribution in [2.75, 3.05) is 13.1 Å². The SMILES string of the molecule is CC(C)(C)OC(=O)N1CC(n2nc3cc4c(c(F)c3n2)CC(C(=O)O)C4)C1. The number of amides is 1. The van der Waals surface area contributed by atoms with Crippen LogP contribution in [0.15, 0.2) is 6.07 Å². The maximum absolute atomic E-state index is 14.8. The zero-order valence-corrected chi connectivity index (χ0v) is 15.4. The Balaban J connectivity index is 1.51. The molecule has 1 fully saturated rings. The van der Waals surface area contributed by atoms with Crippen molar-refractivity contribution in [1.29, 1.82) is 0 Å². The largest absolute Gasteiger partial charge is 0.481 e. The van der Waals surface area contributed by atoms with Gasteiger partial charge in [0.2, 0.25) is 0 Å². The van der Waals surface area contributed by atoms with Gasteiger partial charge in [-0.1, -0.05) is 0 Å². The number of benzene rings is 1. The lowest BCUT2D eigenvalue weighted by Gasteiger charge is -2.38. The molecule has 1 atom stereocenters. The van der Waals surface area contributed by atoms with E-state index in [0.717, 1.165) is 0 Å². The van der Waals surface area contributed by atoms with E-state index in [0.29, 0.717) is 36.2 Å². The fraction of sp³-hybridized carbons (Fsp3) is 0.556. The molecule has 2 heterocycles. The van der Waals surface area contributed by atoms with Crippen LogP contribution in [0.3, 0.4) is 0 Å². The van der Waals surface area contributed by atoms with Crippen molar-refractivity contribution >= 4 is 23.1 Å². The number of hydrogen-bond donors (Lipinski definition) is 1. The molecule has 27 heavy (non-hydrogen) atoms. The molecule has 1 aromatic carbocycles. The van der Waals surface area contributed by atoms with Gasteiger partial charge in [-0.2, -0.15) is 9.90 Å². The Kier molecular flexibility index (Phi) is 3.87. The second kappa shape index (κ2) is 5.90. The number of carbonyl (C=O) groups is 2. The molecule has 1 aliphatic heterocycles. The Hall–Kier alpha value is -2.71. The third-order valence-electron chi connectivity index (χ3n) is 4.93. The minimum atomic E-state index is -0.919. The van der Waals surface area contributed by atoms with Crippen molar-refractivity contribution in [2.45, 2.75) is 45.3 Å². The van der Waals surface area contributed by atoms with Gasteiger partial charge in [0.15, 0.2) is 5.82 Å². The van der Waals surface area contributed by atoms with Crippen LogP contribution in [0.1, 0.15) is 37.9 Å².